The molecule has 1 aromatic heterocycles. The van der Waals surface area contributed by atoms with Crippen LogP contribution in [0.4, 0.5) is 5.82 Å². The van der Waals surface area contributed by atoms with Gasteiger partial charge in [-0.2, -0.15) is 0 Å². The molecule has 0 spiro atoms. The molecule has 4 nitrogen and oxygen atoms in total. The third-order valence-corrected chi connectivity index (χ3v) is 2.78. The van der Waals surface area contributed by atoms with Crippen LogP contribution in [0.5, 0.6) is 0 Å². The first-order valence-corrected chi connectivity index (χ1v) is 6.46. The van der Waals surface area contributed by atoms with Crippen molar-refractivity contribution in [2.45, 2.75) is 46.1 Å². The quantitative estimate of drug-likeness (QED) is 0.778. The number of carboxylic acid groups (broad SMARTS) is 1. The minimum atomic E-state index is -0.994. The van der Waals surface area contributed by atoms with Gasteiger partial charge in [0, 0.05) is 6.04 Å². The van der Waals surface area contributed by atoms with Crippen LogP contribution < -0.4 is 5.32 Å². The summed E-state index contributed by atoms with van der Waals surface area (Å²) in [6.07, 6.45) is 3.45. The van der Waals surface area contributed by atoms with Crippen molar-refractivity contribution < 1.29 is 9.90 Å². The number of aromatic nitrogens is 1. The molecule has 0 aliphatic heterocycles. The van der Waals surface area contributed by atoms with Crippen LogP contribution in [0.25, 0.3) is 0 Å². The van der Waals surface area contributed by atoms with Crippen molar-refractivity contribution in [2.75, 3.05) is 5.32 Å². The fourth-order valence-corrected chi connectivity index (χ4v) is 1.79. The van der Waals surface area contributed by atoms with E-state index in [4.69, 9.17) is 5.11 Å². The first-order valence-electron chi connectivity index (χ1n) is 6.46. The minimum absolute atomic E-state index is 0.0781. The highest BCUT2D eigenvalue weighted by Crippen LogP contribution is 2.12. The summed E-state index contributed by atoms with van der Waals surface area (Å²) in [4.78, 5) is 14.8. The molecule has 0 aromatic carbocycles. The third-order valence-electron chi connectivity index (χ3n) is 2.78. The average molecular weight is 250 g/mol. The van der Waals surface area contributed by atoms with Crippen molar-refractivity contribution in [1.29, 1.82) is 0 Å². The molecule has 18 heavy (non-hydrogen) atoms. The van der Waals surface area contributed by atoms with E-state index in [1.807, 2.05) is 0 Å². The van der Waals surface area contributed by atoms with Crippen molar-refractivity contribution in [3.63, 3.8) is 0 Å². The van der Waals surface area contributed by atoms with Crippen molar-refractivity contribution >= 4 is 11.8 Å². The number of aromatic carboxylic acids is 1. The van der Waals surface area contributed by atoms with Crippen molar-refractivity contribution in [1.82, 2.24) is 4.98 Å². The first kappa shape index (κ1) is 14.5. The second kappa shape index (κ2) is 6.99. The third kappa shape index (κ3) is 5.17. The lowest BCUT2D eigenvalue weighted by Gasteiger charge is -2.15. The Morgan fingerprint density at radius 1 is 1.33 bits per heavy atom. The standard InChI is InChI=1S/C14H22N2O2/c1-10(2)6-4-7-11(3)15-13-9-5-8-12(16-13)14(17)18/h5,8-11H,4,6-7H2,1-3H3,(H,15,16)(H,17,18). The summed E-state index contributed by atoms with van der Waals surface area (Å²) in [6.45, 7) is 6.53. The number of carbonyl (C=O) groups is 1. The van der Waals surface area contributed by atoms with Crippen LogP contribution >= 0.6 is 0 Å². The van der Waals surface area contributed by atoms with E-state index >= 15 is 0 Å². The molecule has 0 saturated carbocycles. The number of rotatable bonds is 7. The Bertz CT molecular complexity index is 391. The van der Waals surface area contributed by atoms with Gasteiger partial charge in [0.1, 0.15) is 5.82 Å². The molecule has 1 atom stereocenters. The molecule has 0 aliphatic carbocycles. The van der Waals surface area contributed by atoms with Crippen LogP contribution in [0.2, 0.25) is 0 Å². The van der Waals surface area contributed by atoms with E-state index in [-0.39, 0.29) is 5.69 Å². The van der Waals surface area contributed by atoms with E-state index in [1.165, 1.54) is 18.9 Å². The average Bonchev–Trinajstić information content (AvgIpc) is 2.28. The van der Waals surface area contributed by atoms with Gasteiger partial charge >= 0.3 is 5.97 Å². The van der Waals surface area contributed by atoms with E-state index in [0.29, 0.717) is 11.9 Å². The van der Waals surface area contributed by atoms with E-state index in [2.05, 4.69) is 31.1 Å². The second-order valence-corrected chi connectivity index (χ2v) is 5.08. The zero-order valence-electron chi connectivity index (χ0n) is 11.3. The van der Waals surface area contributed by atoms with E-state index < -0.39 is 5.97 Å². The number of nitrogens with one attached hydrogen (secondary N) is 1. The molecule has 0 saturated heterocycles. The highest BCUT2D eigenvalue weighted by atomic mass is 16.4. The molecule has 1 unspecified atom stereocenters. The zero-order chi connectivity index (χ0) is 13.5. The molecule has 100 valence electrons. The summed E-state index contributed by atoms with van der Waals surface area (Å²) in [6, 6.07) is 5.31. The molecule has 0 radical (unpaired) electrons. The minimum Gasteiger partial charge on any atom is -0.477 e. The molecule has 1 aromatic rings. The number of carboxylic acids is 1. The molecular formula is C14H22N2O2. The van der Waals surface area contributed by atoms with E-state index in [0.717, 1.165) is 12.3 Å². The number of nitrogens with zero attached hydrogens (tertiary/aromatic N) is 1. The first-order chi connectivity index (χ1) is 8.49. The molecule has 0 fully saturated rings. The van der Waals surface area contributed by atoms with Crippen LogP contribution in [0, 0.1) is 5.92 Å². The van der Waals surface area contributed by atoms with Gasteiger partial charge in [-0.15, -0.1) is 0 Å². The molecule has 1 heterocycles. The van der Waals surface area contributed by atoms with E-state index in [1.54, 1.807) is 12.1 Å². The van der Waals surface area contributed by atoms with Gasteiger partial charge in [0.25, 0.3) is 0 Å². The van der Waals surface area contributed by atoms with Gasteiger partial charge in [-0.1, -0.05) is 32.8 Å². The van der Waals surface area contributed by atoms with Gasteiger partial charge in [0.2, 0.25) is 0 Å². The summed E-state index contributed by atoms with van der Waals surface area (Å²) < 4.78 is 0. The monoisotopic (exact) mass is 250 g/mol. The Labute approximate surface area is 108 Å². The van der Waals surface area contributed by atoms with E-state index in [9.17, 15) is 4.79 Å². The van der Waals surface area contributed by atoms with Crippen LogP contribution in [-0.2, 0) is 0 Å². The van der Waals surface area contributed by atoms with Crippen molar-refractivity contribution in [3.8, 4) is 0 Å². The number of hydrogen-bond donors (Lipinski definition) is 2. The number of hydrogen-bond acceptors (Lipinski definition) is 3. The summed E-state index contributed by atoms with van der Waals surface area (Å²) in [7, 11) is 0. The predicted octanol–water partition coefficient (Wildman–Crippen LogP) is 3.41. The summed E-state index contributed by atoms with van der Waals surface area (Å²) in [5.41, 5.74) is 0.0781. The SMILES string of the molecule is CC(C)CCCC(C)Nc1cccc(C(=O)O)n1. The zero-order valence-corrected chi connectivity index (χ0v) is 11.3. The lowest BCUT2D eigenvalue weighted by Crippen LogP contribution is -2.17. The lowest BCUT2D eigenvalue weighted by molar-refractivity contribution is 0.0690. The summed E-state index contributed by atoms with van der Waals surface area (Å²) in [5.74, 6) is 0.365. The maximum atomic E-state index is 10.8. The summed E-state index contributed by atoms with van der Waals surface area (Å²) >= 11 is 0. The van der Waals surface area contributed by atoms with Crippen molar-refractivity contribution in [2.24, 2.45) is 5.92 Å². The predicted molar refractivity (Wildman–Crippen MR) is 73.0 cm³/mol. The Hall–Kier alpha value is -1.58. The molecule has 0 bridgehead atoms. The topological polar surface area (TPSA) is 62.2 Å². The molecule has 2 N–H and O–H groups in total. The van der Waals surface area contributed by atoms with Gasteiger partial charge in [-0.3, -0.25) is 0 Å². The number of pyridine rings is 1. The Balaban J connectivity index is 2.46. The molecule has 1 rings (SSSR count). The fraction of sp³-hybridized carbons (Fsp3) is 0.571. The Morgan fingerprint density at radius 2 is 2.06 bits per heavy atom. The highest BCUT2D eigenvalue weighted by molar-refractivity contribution is 5.85. The van der Waals surface area contributed by atoms with Crippen LogP contribution in [0.3, 0.4) is 0 Å². The van der Waals surface area contributed by atoms with Gasteiger partial charge in [-0.25, -0.2) is 9.78 Å². The molecule has 4 heteroatoms. The number of anilines is 1. The van der Waals surface area contributed by atoms with Crippen LogP contribution in [-0.4, -0.2) is 22.1 Å². The normalized spacial score (nSPS) is 12.4. The fourth-order valence-electron chi connectivity index (χ4n) is 1.79. The highest BCUT2D eigenvalue weighted by Gasteiger charge is 2.07. The molecule has 0 amide bonds. The smallest absolute Gasteiger partial charge is 0.354 e. The Morgan fingerprint density at radius 3 is 2.67 bits per heavy atom. The van der Waals surface area contributed by atoms with Gasteiger partial charge in [0.05, 0.1) is 0 Å². The van der Waals surface area contributed by atoms with Gasteiger partial charge < -0.3 is 10.4 Å². The molecule has 0 aliphatic rings. The maximum Gasteiger partial charge on any atom is 0.354 e. The second-order valence-electron chi connectivity index (χ2n) is 5.08. The van der Waals surface area contributed by atoms with Crippen LogP contribution in [0.1, 0.15) is 50.5 Å². The van der Waals surface area contributed by atoms with Crippen LogP contribution in [0.15, 0.2) is 18.2 Å². The summed E-state index contributed by atoms with van der Waals surface area (Å²) in [5, 5.41) is 12.1. The molecular weight excluding hydrogens is 228 g/mol. The van der Waals surface area contributed by atoms with Crippen molar-refractivity contribution in [3.05, 3.63) is 23.9 Å². The van der Waals surface area contributed by atoms with Gasteiger partial charge in [-0.05, 0) is 31.4 Å². The largest absolute Gasteiger partial charge is 0.477 e. The lowest BCUT2D eigenvalue weighted by atomic mass is 10.0. The van der Waals surface area contributed by atoms with Gasteiger partial charge in [0.15, 0.2) is 5.69 Å². The maximum absolute atomic E-state index is 10.8. The Kier molecular flexibility index (Phi) is 5.62.